The van der Waals surface area contributed by atoms with Crippen molar-refractivity contribution in [2.24, 2.45) is 0 Å². The van der Waals surface area contributed by atoms with E-state index in [0.29, 0.717) is 0 Å². The van der Waals surface area contributed by atoms with Gasteiger partial charge in [-0.2, -0.15) is 0 Å². The average Bonchev–Trinajstić information content (AvgIpc) is 0. The molecular formula is H8O4Zr2. The smallest absolute Gasteiger partial charge is 0 e. The second-order valence-corrected chi connectivity index (χ2v) is 0. The maximum Gasteiger partial charge on any atom is 0 e. The zero-order valence-electron chi connectivity index (χ0n) is 3.00. The topological polar surface area (TPSA) is 126 Å². The second kappa shape index (κ2) is 80.5. The average molecular weight is 255 g/mol. The molecule has 0 aromatic heterocycles. The van der Waals surface area contributed by atoms with E-state index in [2.05, 4.69) is 0 Å². The Bertz CT molecular complexity index is 5.51. The minimum absolute atomic E-state index is 0. The van der Waals surface area contributed by atoms with E-state index in [0.717, 1.165) is 0 Å². The van der Waals surface area contributed by atoms with E-state index in [4.69, 9.17) is 0 Å². The summed E-state index contributed by atoms with van der Waals surface area (Å²) < 4.78 is 0. The zero-order valence-corrected chi connectivity index (χ0v) is 7.92. The van der Waals surface area contributed by atoms with Crippen molar-refractivity contribution < 1.29 is 74.3 Å². The summed E-state index contributed by atoms with van der Waals surface area (Å²) in [6.45, 7) is 0. The van der Waals surface area contributed by atoms with Crippen LogP contribution in [-0.2, 0) is 52.4 Å². The van der Waals surface area contributed by atoms with Crippen LogP contribution in [0.4, 0.5) is 0 Å². The molecule has 0 aliphatic carbocycles. The van der Waals surface area contributed by atoms with Crippen LogP contribution in [0, 0.1) is 0 Å². The quantitative estimate of drug-likeness (QED) is 0.429. The van der Waals surface area contributed by atoms with Crippen LogP contribution in [0.25, 0.3) is 0 Å². The summed E-state index contributed by atoms with van der Waals surface area (Å²) in [5, 5.41) is 0. The molecule has 0 heterocycles. The monoisotopic (exact) mass is 252 g/mol. The molecule has 0 unspecified atom stereocenters. The van der Waals surface area contributed by atoms with Gasteiger partial charge in [-0.05, 0) is 0 Å². The SMILES string of the molecule is O.O.O.O.[Zr].[Zr]. The molecule has 6 heavy (non-hydrogen) atoms. The molecule has 0 atom stereocenters. The molecule has 0 spiro atoms. The van der Waals surface area contributed by atoms with Crippen LogP contribution in [0.5, 0.6) is 0 Å². The number of hydrogen-bond acceptors (Lipinski definition) is 0. The van der Waals surface area contributed by atoms with Crippen LogP contribution >= 0.6 is 0 Å². The molecule has 0 radical (unpaired) electrons. The Morgan fingerprint density at radius 2 is 0.333 bits per heavy atom. The van der Waals surface area contributed by atoms with Crippen molar-refractivity contribution in [3.63, 3.8) is 0 Å². The molecule has 0 aromatic carbocycles. The Labute approximate surface area is 73.8 Å². The summed E-state index contributed by atoms with van der Waals surface area (Å²) in [7, 11) is 0. The number of rotatable bonds is 0. The van der Waals surface area contributed by atoms with Gasteiger partial charge in [0.25, 0.3) is 0 Å². The predicted octanol–water partition coefficient (Wildman–Crippen LogP) is -3.30. The summed E-state index contributed by atoms with van der Waals surface area (Å²) in [6, 6.07) is 0. The third kappa shape index (κ3) is 46.1. The first-order valence-electron chi connectivity index (χ1n) is 0. The van der Waals surface area contributed by atoms with E-state index in [1.54, 1.807) is 0 Å². The Morgan fingerprint density at radius 1 is 0.333 bits per heavy atom. The Kier molecular flexibility index (Phi) is 1730. The fourth-order valence-electron chi connectivity index (χ4n) is 0. The predicted molar refractivity (Wildman–Crippen MR) is 14.5 cm³/mol. The van der Waals surface area contributed by atoms with Crippen molar-refractivity contribution >= 4 is 0 Å². The summed E-state index contributed by atoms with van der Waals surface area (Å²) in [4.78, 5) is 0. The van der Waals surface area contributed by atoms with Gasteiger partial charge in [0, 0.05) is 52.4 Å². The van der Waals surface area contributed by atoms with E-state index in [1.807, 2.05) is 0 Å². The Hall–Kier alpha value is 1.61. The summed E-state index contributed by atoms with van der Waals surface area (Å²) in [5.74, 6) is 0. The van der Waals surface area contributed by atoms with Gasteiger partial charge in [0.05, 0.1) is 0 Å². The third-order valence-corrected chi connectivity index (χ3v) is 0. The molecule has 8 N–H and O–H groups in total. The number of hydrogen-bond donors (Lipinski definition) is 0. The molecule has 0 aromatic rings. The largest absolute Gasteiger partial charge is 0.412 e. The van der Waals surface area contributed by atoms with Gasteiger partial charge in [0.15, 0.2) is 0 Å². The molecule has 0 rings (SSSR count). The molecule has 0 saturated heterocycles. The van der Waals surface area contributed by atoms with Crippen molar-refractivity contribution in [3.05, 3.63) is 0 Å². The summed E-state index contributed by atoms with van der Waals surface area (Å²) >= 11 is 0. The maximum atomic E-state index is 0. The van der Waals surface area contributed by atoms with Crippen LogP contribution in [0.2, 0.25) is 0 Å². The second-order valence-electron chi connectivity index (χ2n) is 0. The van der Waals surface area contributed by atoms with E-state index < -0.39 is 0 Å². The third-order valence-electron chi connectivity index (χ3n) is 0. The molecule has 0 saturated carbocycles. The first-order valence-corrected chi connectivity index (χ1v) is 0. The minimum atomic E-state index is 0. The van der Waals surface area contributed by atoms with Crippen LogP contribution in [-0.4, -0.2) is 21.9 Å². The van der Waals surface area contributed by atoms with Crippen molar-refractivity contribution in [3.8, 4) is 0 Å². The van der Waals surface area contributed by atoms with E-state index in [-0.39, 0.29) is 74.3 Å². The van der Waals surface area contributed by atoms with Gasteiger partial charge in [-0.1, -0.05) is 0 Å². The molecule has 40 valence electrons. The van der Waals surface area contributed by atoms with E-state index >= 15 is 0 Å². The molecule has 0 aliphatic heterocycles. The molecule has 0 bridgehead atoms. The van der Waals surface area contributed by atoms with Crippen molar-refractivity contribution in [2.75, 3.05) is 0 Å². The van der Waals surface area contributed by atoms with Gasteiger partial charge in [0.1, 0.15) is 0 Å². The van der Waals surface area contributed by atoms with Crippen LogP contribution in [0.15, 0.2) is 0 Å². The molecule has 6 heteroatoms. The first-order chi connectivity index (χ1) is 0. The minimum Gasteiger partial charge on any atom is -0.412 e. The fourth-order valence-corrected chi connectivity index (χ4v) is 0. The molecule has 0 amide bonds. The Morgan fingerprint density at radius 3 is 0.333 bits per heavy atom. The summed E-state index contributed by atoms with van der Waals surface area (Å²) in [5.41, 5.74) is 0. The van der Waals surface area contributed by atoms with Gasteiger partial charge in [-0.3, -0.25) is 0 Å². The first kappa shape index (κ1) is 129. The van der Waals surface area contributed by atoms with Gasteiger partial charge < -0.3 is 21.9 Å². The van der Waals surface area contributed by atoms with Crippen LogP contribution < -0.4 is 0 Å². The van der Waals surface area contributed by atoms with Gasteiger partial charge >= 0.3 is 0 Å². The molecule has 0 aliphatic rings. The maximum absolute atomic E-state index is 0. The van der Waals surface area contributed by atoms with Gasteiger partial charge in [0.2, 0.25) is 0 Å². The van der Waals surface area contributed by atoms with E-state index in [1.165, 1.54) is 0 Å². The fraction of sp³-hybridized carbons (Fsp3) is 0. The zero-order chi connectivity index (χ0) is 0. The standard InChI is InChI=1S/4H2O.2Zr/h4*1H2;;. The normalized spacial score (nSPS) is 0. The Balaban J connectivity index is 0. The molecular weight excluding hydrogens is 246 g/mol. The van der Waals surface area contributed by atoms with Crippen molar-refractivity contribution in [2.45, 2.75) is 0 Å². The van der Waals surface area contributed by atoms with Gasteiger partial charge in [-0.25, -0.2) is 0 Å². The molecule has 4 nitrogen and oxygen atoms in total. The van der Waals surface area contributed by atoms with Crippen LogP contribution in [0.3, 0.4) is 0 Å². The van der Waals surface area contributed by atoms with Crippen molar-refractivity contribution in [1.82, 2.24) is 0 Å². The van der Waals surface area contributed by atoms with Crippen LogP contribution in [0.1, 0.15) is 0 Å². The van der Waals surface area contributed by atoms with Gasteiger partial charge in [-0.15, -0.1) is 0 Å². The van der Waals surface area contributed by atoms with E-state index in [9.17, 15) is 0 Å². The van der Waals surface area contributed by atoms with Crippen molar-refractivity contribution in [1.29, 1.82) is 0 Å². The molecule has 0 fully saturated rings. The summed E-state index contributed by atoms with van der Waals surface area (Å²) in [6.07, 6.45) is 0.